The molecule has 1 heterocycles. The molecule has 26 heavy (non-hydrogen) atoms. The topological polar surface area (TPSA) is 78.4 Å². The molecule has 0 unspecified atom stereocenters. The number of aliphatic imine (C=N–C) groups is 1. The van der Waals surface area contributed by atoms with Gasteiger partial charge in [0.2, 0.25) is 5.91 Å². The van der Waals surface area contributed by atoms with Gasteiger partial charge >= 0.3 is 0 Å². The molecule has 2 rings (SSSR count). The maximum atomic E-state index is 12.1. The van der Waals surface area contributed by atoms with Gasteiger partial charge in [-0.3, -0.25) is 4.79 Å². The van der Waals surface area contributed by atoms with Gasteiger partial charge in [0.05, 0.1) is 12.2 Å². The summed E-state index contributed by atoms with van der Waals surface area (Å²) in [5, 5.41) is 12.7. The Labute approximate surface area is 178 Å². The number of nitrogens with zero attached hydrogens (tertiary/aromatic N) is 2. The standard InChI is InChI=1S/C18H31N5OS.HI/c1-4-19-18(21-11-17-23-15(12-25-17)13(2)3)20-10-16(24)22-14-8-6-5-7-9-14;/h12-14H,4-11H2,1-3H3,(H,22,24)(H2,19,20,21);1H. The van der Waals surface area contributed by atoms with Gasteiger partial charge in [-0.15, -0.1) is 35.3 Å². The van der Waals surface area contributed by atoms with Gasteiger partial charge in [-0.1, -0.05) is 33.1 Å². The number of halogens is 1. The summed E-state index contributed by atoms with van der Waals surface area (Å²) in [5.74, 6) is 1.10. The fourth-order valence-electron chi connectivity index (χ4n) is 2.84. The van der Waals surface area contributed by atoms with E-state index >= 15 is 0 Å². The van der Waals surface area contributed by atoms with Crippen LogP contribution in [0.15, 0.2) is 10.4 Å². The summed E-state index contributed by atoms with van der Waals surface area (Å²) < 4.78 is 0. The van der Waals surface area contributed by atoms with Gasteiger partial charge in [-0.25, -0.2) is 9.98 Å². The lowest BCUT2D eigenvalue weighted by Gasteiger charge is -2.22. The van der Waals surface area contributed by atoms with Gasteiger partial charge in [0.1, 0.15) is 11.6 Å². The Bertz CT molecular complexity index is 570. The number of aromatic nitrogens is 1. The average molecular weight is 493 g/mol. The van der Waals surface area contributed by atoms with E-state index in [4.69, 9.17) is 0 Å². The van der Waals surface area contributed by atoms with Crippen molar-refractivity contribution >= 4 is 47.2 Å². The number of guanidine groups is 1. The van der Waals surface area contributed by atoms with Crippen LogP contribution >= 0.6 is 35.3 Å². The SMILES string of the molecule is CCNC(=NCC(=O)NC1CCCCC1)NCc1nc(C(C)C)cs1.I. The smallest absolute Gasteiger partial charge is 0.242 e. The van der Waals surface area contributed by atoms with E-state index < -0.39 is 0 Å². The van der Waals surface area contributed by atoms with Crippen LogP contribution < -0.4 is 16.0 Å². The summed E-state index contributed by atoms with van der Waals surface area (Å²) in [7, 11) is 0. The maximum absolute atomic E-state index is 12.1. The first kappa shape index (κ1) is 23.1. The Morgan fingerprint density at radius 3 is 2.65 bits per heavy atom. The predicted molar refractivity (Wildman–Crippen MR) is 119 cm³/mol. The summed E-state index contributed by atoms with van der Waals surface area (Å²) in [4.78, 5) is 21.1. The van der Waals surface area contributed by atoms with E-state index in [9.17, 15) is 4.79 Å². The summed E-state index contributed by atoms with van der Waals surface area (Å²) in [6.07, 6.45) is 5.90. The first-order valence-corrected chi connectivity index (χ1v) is 10.2. The van der Waals surface area contributed by atoms with Gasteiger partial charge in [-0.05, 0) is 25.7 Å². The number of rotatable bonds is 7. The highest BCUT2D eigenvalue weighted by molar-refractivity contribution is 14.0. The van der Waals surface area contributed by atoms with E-state index in [1.54, 1.807) is 11.3 Å². The Balaban J connectivity index is 0.00000338. The van der Waals surface area contributed by atoms with Crippen LogP contribution in [0, 0.1) is 0 Å². The number of hydrogen-bond donors (Lipinski definition) is 3. The van der Waals surface area contributed by atoms with E-state index in [1.165, 1.54) is 19.3 Å². The molecule has 0 radical (unpaired) electrons. The predicted octanol–water partition coefficient (Wildman–Crippen LogP) is 3.39. The molecule has 1 aliphatic rings. The van der Waals surface area contributed by atoms with Crippen molar-refractivity contribution in [1.29, 1.82) is 0 Å². The zero-order chi connectivity index (χ0) is 18.1. The van der Waals surface area contributed by atoms with Crippen molar-refractivity contribution in [3.63, 3.8) is 0 Å². The van der Waals surface area contributed by atoms with Gasteiger partial charge in [0, 0.05) is 18.0 Å². The van der Waals surface area contributed by atoms with Crippen molar-refractivity contribution < 1.29 is 4.79 Å². The minimum atomic E-state index is 0. The number of carbonyl (C=O) groups excluding carboxylic acids is 1. The fourth-order valence-corrected chi connectivity index (χ4v) is 3.74. The third-order valence-electron chi connectivity index (χ3n) is 4.26. The third kappa shape index (κ3) is 8.20. The van der Waals surface area contributed by atoms with Crippen molar-refractivity contribution in [2.24, 2.45) is 4.99 Å². The molecule has 8 heteroatoms. The van der Waals surface area contributed by atoms with Gasteiger partial charge < -0.3 is 16.0 Å². The number of nitrogens with one attached hydrogen (secondary N) is 3. The lowest BCUT2D eigenvalue weighted by atomic mass is 9.95. The lowest BCUT2D eigenvalue weighted by Crippen LogP contribution is -2.40. The molecule has 0 saturated heterocycles. The molecular weight excluding hydrogens is 461 g/mol. The summed E-state index contributed by atoms with van der Waals surface area (Å²) in [5.41, 5.74) is 1.12. The highest BCUT2D eigenvalue weighted by Gasteiger charge is 2.15. The Morgan fingerprint density at radius 2 is 2.04 bits per heavy atom. The third-order valence-corrected chi connectivity index (χ3v) is 5.13. The van der Waals surface area contributed by atoms with Crippen LogP contribution in [0.2, 0.25) is 0 Å². The van der Waals surface area contributed by atoms with E-state index in [0.29, 0.717) is 24.5 Å². The highest BCUT2D eigenvalue weighted by atomic mass is 127. The average Bonchev–Trinajstić information content (AvgIpc) is 3.07. The van der Waals surface area contributed by atoms with Crippen LogP contribution in [-0.2, 0) is 11.3 Å². The minimum Gasteiger partial charge on any atom is -0.357 e. The van der Waals surface area contributed by atoms with Gasteiger partial charge in [0.15, 0.2) is 5.96 Å². The Morgan fingerprint density at radius 1 is 1.31 bits per heavy atom. The Hall–Kier alpha value is -0.900. The van der Waals surface area contributed by atoms with Crippen LogP contribution in [0.5, 0.6) is 0 Å². The first-order chi connectivity index (χ1) is 12.1. The largest absolute Gasteiger partial charge is 0.357 e. The molecule has 1 amide bonds. The summed E-state index contributed by atoms with van der Waals surface area (Å²) in [6.45, 7) is 7.82. The molecule has 6 nitrogen and oxygen atoms in total. The van der Waals surface area contributed by atoms with Crippen molar-refractivity contribution in [1.82, 2.24) is 20.9 Å². The van der Waals surface area contributed by atoms with Crippen molar-refractivity contribution in [3.8, 4) is 0 Å². The van der Waals surface area contributed by atoms with Crippen molar-refractivity contribution in [3.05, 3.63) is 16.1 Å². The van der Waals surface area contributed by atoms with E-state index in [0.717, 1.165) is 30.1 Å². The van der Waals surface area contributed by atoms with Crippen molar-refractivity contribution in [2.75, 3.05) is 13.1 Å². The molecule has 1 fully saturated rings. The molecule has 0 aliphatic heterocycles. The second-order valence-electron chi connectivity index (χ2n) is 6.77. The molecular formula is C18H32IN5OS. The zero-order valence-corrected chi connectivity index (χ0v) is 19.2. The molecule has 1 saturated carbocycles. The first-order valence-electron chi connectivity index (χ1n) is 9.34. The zero-order valence-electron chi connectivity index (χ0n) is 16.0. The maximum Gasteiger partial charge on any atom is 0.242 e. The molecule has 0 atom stereocenters. The second-order valence-corrected chi connectivity index (χ2v) is 7.71. The fraction of sp³-hybridized carbons (Fsp3) is 0.722. The van der Waals surface area contributed by atoms with E-state index in [-0.39, 0.29) is 36.4 Å². The molecule has 148 valence electrons. The van der Waals surface area contributed by atoms with Crippen LogP contribution in [0.3, 0.4) is 0 Å². The molecule has 1 aliphatic carbocycles. The van der Waals surface area contributed by atoms with Crippen LogP contribution in [0.1, 0.15) is 69.5 Å². The number of hydrogen-bond acceptors (Lipinski definition) is 4. The molecule has 1 aromatic rings. The van der Waals surface area contributed by atoms with Gasteiger partial charge in [0.25, 0.3) is 0 Å². The number of amides is 1. The lowest BCUT2D eigenvalue weighted by molar-refractivity contribution is -0.120. The minimum absolute atomic E-state index is 0. The number of carbonyl (C=O) groups is 1. The molecule has 0 aromatic carbocycles. The number of thiazole rings is 1. The summed E-state index contributed by atoms with van der Waals surface area (Å²) >= 11 is 1.65. The van der Waals surface area contributed by atoms with Crippen LogP contribution in [0.25, 0.3) is 0 Å². The Kier molecular flexibility index (Phi) is 11.1. The quantitative estimate of drug-likeness (QED) is 0.309. The van der Waals surface area contributed by atoms with E-state index in [1.807, 2.05) is 6.92 Å². The highest BCUT2D eigenvalue weighted by Crippen LogP contribution is 2.18. The van der Waals surface area contributed by atoms with E-state index in [2.05, 4.69) is 45.2 Å². The molecule has 1 aromatic heterocycles. The van der Waals surface area contributed by atoms with Crippen LogP contribution in [0.4, 0.5) is 0 Å². The van der Waals surface area contributed by atoms with Gasteiger partial charge in [-0.2, -0.15) is 0 Å². The molecule has 3 N–H and O–H groups in total. The van der Waals surface area contributed by atoms with Crippen LogP contribution in [-0.4, -0.2) is 36.0 Å². The summed E-state index contributed by atoms with van der Waals surface area (Å²) in [6, 6.07) is 0.330. The second kappa shape index (κ2) is 12.5. The molecule has 0 bridgehead atoms. The normalized spacial score (nSPS) is 15.5. The monoisotopic (exact) mass is 493 g/mol. The molecule has 0 spiro atoms. The van der Waals surface area contributed by atoms with Crippen molar-refractivity contribution in [2.45, 2.75) is 71.4 Å².